The van der Waals surface area contributed by atoms with Gasteiger partial charge in [-0.15, -0.1) is 0 Å². The Kier molecular flexibility index (Phi) is 6.66. The molecule has 3 aromatic carbocycles. The molecule has 0 radical (unpaired) electrons. The number of hydrogen-bond donors (Lipinski definition) is 0. The van der Waals surface area contributed by atoms with Crippen LogP contribution >= 0.6 is 0 Å². The second-order valence-electron chi connectivity index (χ2n) is 8.42. The SMILES string of the molecule is CC(N(C)C(=O)C(c1ccc(F)cc1)c1ccc(F)cc1)N1CCC[C@H]1c1ccccc1. The van der Waals surface area contributed by atoms with Gasteiger partial charge in [0.2, 0.25) is 5.91 Å². The summed E-state index contributed by atoms with van der Waals surface area (Å²) >= 11 is 0. The van der Waals surface area contributed by atoms with E-state index in [2.05, 4.69) is 17.0 Å². The van der Waals surface area contributed by atoms with Gasteiger partial charge in [-0.3, -0.25) is 9.69 Å². The normalized spacial score (nSPS) is 17.5. The van der Waals surface area contributed by atoms with Crippen LogP contribution < -0.4 is 0 Å². The molecule has 0 bridgehead atoms. The summed E-state index contributed by atoms with van der Waals surface area (Å²) in [6.45, 7) is 2.96. The lowest BCUT2D eigenvalue weighted by atomic mass is 9.90. The van der Waals surface area contributed by atoms with Gasteiger partial charge in [0.25, 0.3) is 0 Å². The molecule has 1 aliphatic rings. The molecule has 1 aliphatic heterocycles. The van der Waals surface area contributed by atoms with E-state index in [1.807, 2.05) is 32.2 Å². The van der Waals surface area contributed by atoms with Crippen molar-refractivity contribution in [1.82, 2.24) is 9.80 Å². The number of likely N-dealkylation sites (tertiary alicyclic amines) is 1. The number of rotatable bonds is 6. The summed E-state index contributed by atoms with van der Waals surface area (Å²) in [6, 6.07) is 22.6. The minimum Gasteiger partial charge on any atom is -0.329 e. The molecule has 4 rings (SSSR count). The lowest BCUT2D eigenvalue weighted by Gasteiger charge is -2.38. The molecule has 0 N–H and O–H groups in total. The van der Waals surface area contributed by atoms with Crippen molar-refractivity contribution < 1.29 is 13.6 Å². The molecule has 2 atom stereocenters. The predicted molar refractivity (Wildman–Crippen MR) is 122 cm³/mol. The fraction of sp³-hybridized carbons (Fsp3) is 0.296. The third kappa shape index (κ3) is 4.58. The maximum atomic E-state index is 13.8. The standard InChI is InChI=1S/C27H28F2N2O/c1-19(31-18-6-9-25(31)20-7-4-3-5-8-20)30(2)27(32)26(21-10-14-23(28)15-11-21)22-12-16-24(29)17-13-22/h3-5,7-8,10-17,19,25-26H,6,9,18H2,1-2H3/t19?,25-/m0/s1. The fourth-order valence-corrected chi connectivity index (χ4v) is 4.67. The summed E-state index contributed by atoms with van der Waals surface area (Å²) in [7, 11) is 1.81. The second-order valence-corrected chi connectivity index (χ2v) is 8.42. The molecule has 32 heavy (non-hydrogen) atoms. The topological polar surface area (TPSA) is 23.6 Å². The summed E-state index contributed by atoms with van der Waals surface area (Å²) in [5.41, 5.74) is 2.62. The van der Waals surface area contributed by atoms with Crippen molar-refractivity contribution in [2.45, 2.75) is 37.9 Å². The number of nitrogens with zero attached hydrogens (tertiary/aromatic N) is 2. The Balaban J connectivity index is 1.62. The first-order valence-corrected chi connectivity index (χ1v) is 11.0. The molecule has 1 fully saturated rings. The molecule has 0 aromatic heterocycles. The number of amides is 1. The van der Waals surface area contributed by atoms with E-state index in [9.17, 15) is 13.6 Å². The summed E-state index contributed by atoms with van der Waals surface area (Å²) < 4.78 is 27.1. The van der Waals surface area contributed by atoms with Crippen LogP contribution in [0, 0.1) is 11.6 Å². The molecule has 166 valence electrons. The number of benzene rings is 3. The van der Waals surface area contributed by atoms with Crippen molar-refractivity contribution >= 4 is 5.91 Å². The molecule has 0 saturated carbocycles. The van der Waals surface area contributed by atoms with Crippen LogP contribution in [-0.2, 0) is 4.79 Å². The monoisotopic (exact) mass is 434 g/mol. The van der Waals surface area contributed by atoms with Gasteiger partial charge in [-0.05, 0) is 60.7 Å². The van der Waals surface area contributed by atoms with Crippen LogP contribution in [-0.4, -0.2) is 35.5 Å². The Bertz CT molecular complexity index is 992. The van der Waals surface area contributed by atoms with Crippen LogP contribution in [0.5, 0.6) is 0 Å². The number of hydrogen-bond acceptors (Lipinski definition) is 2. The highest BCUT2D eigenvalue weighted by atomic mass is 19.1. The Morgan fingerprint density at radius 2 is 1.44 bits per heavy atom. The van der Waals surface area contributed by atoms with Crippen molar-refractivity contribution in [3.63, 3.8) is 0 Å². The van der Waals surface area contributed by atoms with Gasteiger partial charge >= 0.3 is 0 Å². The third-order valence-corrected chi connectivity index (χ3v) is 6.52. The number of halogens is 2. The highest BCUT2D eigenvalue weighted by Crippen LogP contribution is 2.35. The molecular weight excluding hydrogens is 406 g/mol. The van der Waals surface area contributed by atoms with E-state index >= 15 is 0 Å². The first-order chi connectivity index (χ1) is 15.5. The Hall–Kier alpha value is -3.05. The highest BCUT2D eigenvalue weighted by Gasteiger charge is 2.35. The van der Waals surface area contributed by atoms with Crippen molar-refractivity contribution in [3.05, 3.63) is 107 Å². The minimum absolute atomic E-state index is 0.102. The molecule has 3 nitrogen and oxygen atoms in total. The van der Waals surface area contributed by atoms with Crippen LogP contribution in [0.25, 0.3) is 0 Å². The average molecular weight is 435 g/mol. The third-order valence-electron chi connectivity index (χ3n) is 6.52. The van der Waals surface area contributed by atoms with Crippen LogP contribution in [0.4, 0.5) is 8.78 Å². The largest absolute Gasteiger partial charge is 0.329 e. The molecular formula is C27H28F2N2O. The summed E-state index contributed by atoms with van der Waals surface area (Å²) in [5, 5.41) is 0. The number of carbonyl (C=O) groups excluding carboxylic acids is 1. The molecule has 1 unspecified atom stereocenters. The second kappa shape index (κ2) is 9.61. The van der Waals surface area contributed by atoms with Crippen LogP contribution in [0.2, 0.25) is 0 Å². The Labute approximate surface area is 188 Å². The van der Waals surface area contributed by atoms with E-state index in [4.69, 9.17) is 0 Å². The van der Waals surface area contributed by atoms with Crippen LogP contribution in [0.3, 0.4) is 0 Å². The molecule has 3 aromatic rings. The molecule has 1 saturated heterocycles. The van der Waals surface area contributed by atoms with Gasteiger partial charge in [-0.2, -0.15) is 0 Å². The highest BCUT2D eigenvalue weighted by molar-refractivity contribution is 5.87. The van der Waals surface area contributed by atoms with E-state index < -0.39 is 5.92 Å². The van der Waals surface area contributed by atoms with Gasteiger partial charge < -0.3 is 4.90 Å². The van der Waals surface area contributed by atoms with Crippen LogP contribution in [0.1, 0.15) is 48.4 Å². The van der Waals surface area contributed by atoms with Crippen LogP contribution in [0.15, 0.2) is 78.9 Å². The van der Waals surface area contributed by atoms with E-state index in [1.54, 1.807) is 29.2 Å². The average Bonchev–Trinajstić information content (AvgIpc) is 3.31. The summed E-state index contributed by atoms with van der Waals surface area (Å²) in [6.07, 6.45) is 2.00. The zero-order valence-corrected chi connectivity index (χ0v) is 18.4. The lowest BCUT2D eigenvalue weighted by Crippen LogP contribution is -2.48. The fourth-order valence-electron chi connectivity index (χ4n) is 4.67. The number of carbonyl (C=O) groups is 1. The minimum atomic E-state index is -0.638. The van der Waals surface area contributed by atoms with Gasteiger partial charge in [0.1, 0.15) is 11.6 Å². The summed E-state index contributed by atoms with van der Waals surface area (Å²) in [4.78, 5) is 17.9. The number of likely N-dealkylation sites (N-methyl/N-ethyl adjacent to an activating group) is 1. The zero-order valence-electron chi connectivity index (χ0n) is 18.4. The molecule has 0 aliphatic carbocycles. The Morgan fingerprint density at radius 3 is 1.97 bits per heavy atom. The zero-order chi connectivity index (χ0) is 22.7. The smallest absolute Gasteiger partial charge is 0.235 e. The van der Waals surface area contributed by atoms with Gasteiger partial charge in [-0.1, -0.05) is 54.6 Å². The van der Waals surface area contributed by atoms with Crippen molar-refractivity contribution in [2.75, 3.05) is 13.6 Å². The molecule has 1 heterocycles. The van der Waals surface area contributed by atoms with Gasteiger partial charge in [0.05, 0.1) is 12.1 Å². The van der Waals surface area contributed by atoms with E-state index in [0.717, 1.165) is 19.4 Å². The Morgan fingerprint density at radius 1 is 0.906 bits per heavy atom. The maximum Gasteiger partial charge on any atom is 0.235 e. The predicted octanol–water partition coefficient (Wildman–Crippen LogP) is 5.74. The first kappa shape index (κ1) is 22.2. The summed E-state index contributed by atoms with van der Waals surface area (Å²) in [5.74, 6) is -1.46. The van der Waals surface area contributed by atoms with E-state index in [0.29, 0.717) is 11.1 Å². The quantitative estimate of drug-likeness (QED) is 0.494. The molecule has 5 heteroatoms. The van der Waals surface area contributed by atoms with Crippen molar-refractivity contribution in [2.24, 2.45) is 0 Å². The van der Waals surface area contributed by atoms with Gasteiger partial charge in [0, 0.05) is 19.6 Å². The van der Waals surface area contributed by atoms with E-state index in [-0.39, 0.29) is 29.7 Å². The maximum absolute atomic E-state index is 13.8. The lowest BCUT2D eigenvalue weighted by molar-refractivity contribution is -0.136. The molecule has 0 spiro atoms. The van der Waals surface area contributed by atoms with Gasteiger partial charge in [0.15, 0.2) is 0 Å². The van der Waals surface area contributed by atoms with E-state index in [1.165, 1.54) is 29.8 Å². The molecule has 1 amide bonds. The van der Waals surface area contributed by atoms with Crippen molar-refractivity contribution in [3.8, 4) is 0 Å². The first-order valence-electron chi connectivity index (χ1n) is 11.0. The van der Waals surface area contributed by atoms with Crippen molar-refractivity contribution in [1.29, 1.82) is 0 Å². The van der Waals surface area contributed by atoms with Gasteiger partial charge in [-0.25, -0.2) is 8.78 Å².